The van der Waals surface area contributed by atoms with Crippen molar-refractivity contribution in [3.8, 4) is 0 Å². The van der Waals surface area contributed by atoms with Gasteiger partial charge in [0.15, 0.2) is 0 Å². The van der Waals surface area contributed by atoms with Crippen LogP contribution in [0.5, 0.6) is 0 Å². The summed E-state index contributed by atoms with van der Waals surface area (Å²) in [5.41, 5.74) is 1.84. The fraction of sp³-hybridized carbons (Fsp3) is 0.605. The average molecular weight is 629 g/mol. The first-order valence-electron chi connectivity index (χ1n) is 17.6. The van der Waals surface area contributed by atoms with E-state index >= 15 is 0 Å². The van der Waals surface area contributed by atoms with E-state index < -0.39 is 17.7 Å². The average Bonchev–Trinajstić information content (AvgIpc) is 3.08. The quantitative estimate of drug-likeness (QED) is 0.301. The molecule has 2 saturated heterocycles. The van der Waals surface area contributed by atoms with Gasteiger partial charge < -0.3 is 25.2 Å². The van der Waals surface area contributed by atoms with Gasteiger partial charge in [-0.15, -0.1) is 0 Å². The predicted octanol–water partition coefficient (Wildman–Crippen LogP) is 5.56. The molecule has 8 heteroatoms. The third-order valence-corrected chi connectivity index (χ3v) is 11.9. The number of benzene rings is 2. The van der Waals surface area contributed by atoms with E-state index in [2.05, 4.69) is 58.5 Å². The molecule has 2 N–H and O–H groups in total. The van der Waals surface area contributed by atoms with Gasteiger partial charge in [0.1, 0.15) is 18.2 Å². The molecule has 2 aromatic rings. The third kappa shape index (κ3) is 6.97. The number of carbonyl (C=O) groups is 3. The largest absolute Gasteiger partial charge is 0.445 e. The topological polar surface area (TPSA) is 91.0 Å². The lowest BCUT2D eigenvalue weighted by molar-refractivity contribution is -0.168. The van der Waals surface area contributed by atoms with Gasteiger partial charge in [0, 0.05) is 32.7 Å². The van der Waals surface area contributed by atoms with Gasteiger partial charge >= 0.3 is 6.09 Å². The highest BCUT2D eigenvalue weighted by atomic mass is 16.5. The number of hydrogen-bond acceptors (Lipinski definition) is 5. The number of unbranched alkanes of at least 4 members (excludes halogenated alkanes) is 1. The van der Waals surface area contributed by atoms with E-state index in [-0.39, 0.29) is 18.4 Å². The van der Waals surface area contributed by atoms with Crippen LogP contribution in [0.4, 0.5) is 4.79 Å². The molecule has 2 aromatic carbocycles. The summed E-state index contributed by atoms with van der Waals surface area (Å²) >= 11 is 0. The minimum absolute atomic E-state index is 0.0315. The van der Waals surface area contributed by atoms with Gasteiger partial charge in [0.2, 0.25) is 11.8 Å². The molecule has 0 unspecified atom stereocenters. The van der Waals surface area contributed by atoms with E-state index in [0.717, 1.165) is 50.4 Å². The van der Waals surface area contributed by atoms with Crippen molar-refractivity contribution < 1.29 is 19.1 Å². The van der Waals surface area contributed by atoms with Crippen LogP contribution in [0.2, 0.25) is 0 Å². The lowest BCUT2D eigenvalue weighted by Gasteiger charge is -2.62. The Kier molecular flexibility index (Phi) is 10.0. The Morgan fingerprint density at radius 2 is 1.65 bits per heavy atom. The van der Waals surface area contributed by atoms with Crippen LogP contribution in [-0.2, 0) is 27.4 Å². The number of piperazine rings is 1. The van der Waals surface area contributed by atoms with Crippen LogP contribution in [0, 0.1) is 23.2 Å². The number of nitrogens with one attached hydrogen (secondary N) is 2. The number of fused-ring (bicyclic) bond motifs is 2. The molecule has 5 aliphatic rings. The molecule has 2 heterocycles. The second-order valence-corrected chi connectivity index (χ2v) is 14.8. The van der Waals surface area contributed by atoms with Crippen LogP contribution >= 0.6 is 0 Å². The molecule has 4 atom stereocenters. The molecule has 2 bridgehead atoms. The summed E-state index contributed by atoms with van der Waals surface area (Å²) in [5.74, 6) is 2.00. The second-order valence-electron chi connectivity index (χ2n) is 14.8. The Balaban J connectivity index is 1.04. The van der Waals surface area contributed by atoms with Gasteiger partial charge in [-0.3, -0.25) is 9.59 Å². The third-order valence-electron chi connectivity index (χ3n) is 11.9. The predicted molar refractivity (Wildman–Crippen MR) is 179 cm³/mol. The van der Waals surface area contributed by atoms with Gasteiger partial charge in [-0.1, -0.05) is 74.5 Å². The Hall–Kier alpha value is -3.39. The summed E-state index contributed by atoms with van der Waals surface area (Å²) in [6.45, 7) is 8.81. The molecule has 0 radical (unpaired) electrons. The van der Waals surface area contributed by atoms with Gasteiger partial charge in [-0.05, 0) is 92.1 Å². The number of hydrogen-bond donors (Lipinski definition) is 2. The second kappa shape index (κ2) is 14.2. The van der Waals surface area contributed by atoms with E-state index in [4.69, 9.17) is 4.74 Å². The molecule has 1 spiro atoms. The fourth-order valence-corrected chi connectivity index (χ4v) is 8.77. The Morgan fingerprint density at radius 3 is 2.33 bits per heavy atom. The maximum Gasteiger partial charge on any atom is 0.407 e. The minimum atomic E-state index is -0.758. The fourth-order valence-electron chi connectivity index (χ4n) is 8.77. The highest BCUT2D eigenvalue weighted by Crippen LogP contribution is 2.61. The van der Waals surface area contributed by atoms with Crippen molar-refractivity contribution in [2.45, 2.75) is 89.8 Å². The summed E-state index contributed by atoms with van der Waals surface area (Å²) in [5, 5.41) is 5.99. The lowest BCUT2D eigenvalue weighted by Crippen LogP contribution is -2.74. The Morgan fingerprint density at radius 1 is 0.957 bits per heavy atom. The molecule has 46 heavy (non-hydrogen) atoms. The first-order valence-corrected chi connectivity index (χ1v) is 17.6. The summed E-state index contributed by atoms with van der Waals surface area (Å²) in [6, 6.07) is 19.7. The standard InChI is InChI=1S/C38H52N4O4/c1-37(2)31-17-16-30(32(37)25-31)26-42-34(43)33(15-9-10-21-39-36(45)46-27-29-13-7-4-8-14-29)40-35(44)38(42)19-23-41(24-20-38)22-18-28-11-5-3-6-12-28/h3-8,11-14,30-33H,9-10,15-27H2,1-2H3,(H,39,45)(H,40,44)/t30-,31+,32-,33+/m1/s1. The maximum atomic E-state index is 14.3. The van der Waals surface area contributed by atoms with Crippen LogP contribution in [0.15, 0.2) is 60.7 Å². The van der Waals surface area contributed by atoms with Gasteiger partial charge in [0.25, 0.3) is 0 Å². The molecular formula is C38H52N4O4. The number of rotatable bonds is 12. The monoisotopic (exact) mass is 628 g/mol. The smallest absolute Gasteiger partial charge is 0.407 e. The van der Waals surface area contributed by atoms with E-state index in [1.54, 1.807) is 0 Å². The summed E-state index contributed by atoms with van der Waals surface area (Å²) < 4.78 is 5.31. The molecule has 3 saturated carbocycles. The summed E-state index contributed by atoms with van der Waals surface area (Å²) in [7, 11) is 0. The molecule has 8 nitrogen and oxygen atoms in total. The molecule has 248 valence electrons. The zero-order valence-corrected chi connectivity index (χ0v) is 27.7. The zero-order valence-electron chi connectivity index (χ0n) is 27.7. The number of amides is 3. The Labute approximate surface area is 274 Å². The van der Waals surface area contributed by atoms with Crippen molar-refractivity contribution in [3.63, 3.8) is 0 Å². The maximum absolute atomic E-state index is 14.3. The molecule has 7 rings (SSSR count). The van der Waals surface area contributed by atoms with Crippen LogP contribution in [-0.4, -0.2) is 72.0 Å². The van der Waals surface area contributed by atoms with Crippen molar-refractivity contribution in [3.05, 3.63) is 71.8 Å². The van der Waals surface area contributed by atoms with E-state index in [9.17, 15) is 14.4 Å². The number of ether oxygens (including phenoxy) is 1. The van der Waals surface area contributed by atoms with Gasteiger partial charge in [-0.2, -0.15) is 0 Å². The summed E-state index contributed by atoms with van der Waals surface area (Å²) in [4.78, 5) is 45.0. The van der Waals surface area contributed by atoms with Crippen LogP contribution in [0.25, 0.3) is 0 Å². The van der Waals surface area contributed by atoms with Crippen molar-refractivity contribution in [2.75, 3.05) is 32.7 Å². The van der Waals surface area contributed by atoms with E-state index in [1.807, 2.05) is 36.4 Å². The van der Waals surface area contributed by atoms with Crippen LogP contribution in [0.1, 0.15) is 76.3 Å². The number of alkyl carbamates (subject to hydrolysis) is 1. The normalized spacial score (nSPS) is 26.7. The minimum Gasteiger partial charge on any atom is -0.445 e. The molecule has 3 amide bonds. The van der Waals surface area contributed by atoms with E-state index in [0.29, 0.717) is 56.0 Å². The van der Waals surface area contributed by atoms with Gasteiger partial charge in [-0.25, -0.2) is 4.79 Å². The highest BCUT2D eigenvalue weighted by Gasteiger charge is 2.58. The number of likely N-dealkylation sites (tertiary alicyclic amines) is 1. The Bertz CT molecular complexity index is 1340. The molecule has 2 aliphatic heterocycles. The van der Waals surface area contributed by atoms with Crippen LogP contribution < -0.4 is 10.6 Å². The zero-order chi connectivity index (χ0) is 32.1. The van der Waals surface area contributed by atoms with E-state index in [1.165, 1.54) is 18.4 Å². The first-order chi connectivity index (χ1) is 22.3. The molecule has 3 aliphatic carbocycles. The lowest BCUT2D eigenvalue weighted by atomic mass is 9.45. The summed E-state index contributed by atoms with van der Waals surface area (Å²) in [6.07, 6.45) is 7.57. The SMILES string of the molecule is CC1(C)[C@H]2CC[C@H](CN3C(=O)[C@H](CCCCNC(=O)OCc4ccccc4)NC(=O)C34CCN(CCc3ccccc3)CC4)[C@H]1C2. The highest BCUT2D eigenvalue weighted by molar-refractivity contribution is 6.00. The number of piperidine rings is 1. The van der Waals surface area contributed by atoms with Crippen molar-refractivity contribution in [2.24, 2.45) is 23.2 Å². The number of nitrogens with zero attached hydrogens (tertiary/aromatic N) is 2. The molecule has 0 aromatic heterocycles. The first kappa shape index (κ1) is 32.5. The van der Waals surface area contributed by atoms with Crippen molar-refractivity contribution >= 4 is 17.9 Å². The molecule has 5 fully saturated rings. The van der Waals surface area contributed by atoms with Crippen molar-refractivity contribution in [1.82, 2.24) is 20.4 Å². The number of carbonyl (C=O) groups excluding carboxylic acids is 3. The molecular weight excluding hydrogens is 576 g/mol. The van der Waals surface area contributed by atoms with Crippen molar-refractivity contribution in [1.29, 1.82) is 0 Å². The van der Waals surface area contributed by atoms with Gasteiger partial charge in [0.05, 0.1) is 0 Å². The van der Waals surface area contributed by atoms with Crippen LogP contribution in [0.3, 0.4) is 0 Å².